The van der Waals surface area contributed by atoms with E-state index in [-0.39, 0.29) is 29.7 Å². The number of hydrogen-bond donors (Lipinski definition) is 3. The van der Waals surface area contributed by atoms with Gasteiger partial charge in [0.15, 0.2) is 17.5 Å². The van der Waals surface area contributed by atoms with Crippen molar-refractivity contribution in [3.8, 4) is 11.5 Å². The van der Waals surface area contributed by atoms with E-state index in [1.807, 2.05) is 12.1 Å². The van der Waals surface area contributed by atoms with Gasteiger partial charge >= 0.3 is 0 Å². The number of hydrogen-bond acceptors (Lipinski definition) is 3. The summed E-state index contributed by atoms with van der Waals surface area (Å²) >= 11 is 0. The smallest absolute Gasteiger partial charge is 0.188 e. The van der Waals surface area contributed by atoms with Gasteiger partial charge in [-0.15, -0.1) is 24.0 Å². The number of rotatable bonds is 9. The number of para-hydroxylation sites is 1. The van der Waals surface area contributed by atoms with E-state index in [9.17, 15) is 5.11 Å². The SMILES string of the molecule is COc1cccc(CCN=C(N)NC(C)CCCC(C)C)c1O.I. The van der Waals surface area contributed by atoms with Gasteiger partial charge in [-0.05, 0) is 37.3 Å². The van der Waals surface area contributed by atoms with Crippen LogP contribution in [-0.2, 0) is 6.42 Å². The maximum Gasteiger partial charge on any atom is 0.188 e. The second-order valence-corrected chi connectivity index (χ2v) is 6.36. The van der Waals surface area contributed by atoms with Gasteiger partial charge in [0.1, 0.15) is 0 Å². The molecule has 24 heavy (non-hydrogen) atoms. The van der Waals surface area contributed by atoms with Gasteiger partial charge < -0.3 is 20.9 Å². The van der Waals surface area contributed by atoms with Crippen LogP contribution in [0.4, 0.5) is 0 Å². The Kier molecular flexibility index (Phi) is 11.6. The van der Waals surface area contributed by atoms with Crippen LogP contribution in [0.2, 0.25) is 0 Å². The van der Waals surface area contributed by atoms with Crippen LogP contribution in [-0.4, -0.2) is 30.8 Å². The Balaban J connectivity index is 0.00000529. The van der Waals surface area contributed by atoms with Crippen molar-refractivity contribution >= 4 is 29.9 Å². The number of benzene rings is 1. The van der Waals surface area contributed by atoms with E-state index in [0.717, 1.165) is 17.9 Å². The van der Waals surface area contributed by atoms with Crippen LogP contribution in [0, 0.1) is 5.92 Å². The maximum absolute atomic E-state index is 10.0. The molecule has 0 amide bonds. The first kappa shape index (κ1) is 22.8. The zero-order valence-corrected chi connectivity index (χ0v) is 17.5. The minimum atomic E-state index is 0. The van der Waals surface area contributed by atoms with E-state index in [1.54, 1.807) is 13.2 Å². The van der Waals surface area contributed by atoms with Crippen molar-refractivity contribution in [1.82, 2.24) is 5.32 Å². The second kappa shape index (κ2) is 12.2. The van der Waals surface area contributed by atoms with Crippen LogP contribution in [0.25, 0.3) is 0 Å². The number of ether oxygens (including phenoxy) is 1. The summed E-state index contributed by atoms with van der Waals surface area (Å²) in [5.74, 6) is 1.86. The predicted molar refractivity (Wildman–Crippen MR) is 112 cm³/mol. The largest absolute Gasteiger partial charge is 0.504 e. The molecular formula is C18H32IN3O2. The third-order valence-corrected chi connectivity index (χ3v) is 3.78. The van der Waals surface area contributed by atoms with Crippen LogP contribution in [0.15, 0.2) is 23.2 Å². The third-order valence-electron chi connectivity index (χ3n) is 3.78. The van der Waals surface area contributed by atoms with Crippen molar-refractivity contribution in [2.24, 2.45) is 16.6 Å². The van der Waals surface area contributed by atoms with Crippen LogP contribution in [0.3, 0.4) is 0 Å². The maximum atomic E-state index is 10.0. The molecule has 0 radical (unpaired) electrons. The molecule has 0 saturated carbocycles. The van der Waals surface area contributed by atoms with E-state index in [1.165, 1.54) is 12.8 Å². The third kappa shape index (κ3) is 8.61. The molecule has 1 unspecified atom stereocenters. The highest BCUT2D eigenvalue weighted by Crippen LogP contribution is 2.29. The molecule has 0 bridgehead atoms. The van der Waals surface area contributed by atoms with Gasteiger partial charge in [0.05, 0.1) is 7.11 Å². The Morgan fingerprint density at radius 2 is 2.00 bits per heavy atom. The predicted octanol–water partition coefficient (Wildman–Crippen LogP) is 3.68. The minimum absolute atomic E-state index is 0. The summed E-state index contributed by atoms with van der Waals surface area (Å²) in [5, 5.41) is 13.2. The molecule has 0 heterocycles. The second-order valence-electron chi connectivity index (χ2n) is 6.36. The number of guanidine groups is 1. The zero-order valence-electron chi connectivity index (χ0n) is 15.2. The van der Waals surface area contributed by atoms with Gasteiger partial charge in [0, 0.05) is 12.6 Å². The average molecular weight is 449 g/mol. The molecule has 1 atom stereocenters. The number of nitrogens with zero attached hydrogens (tertiary/aromatic N) is 1. The first-order chi connectivity index (χ1) is 10.9. The van der Waals surface area contributed by atoms with E-state index < -0.39 is 0 Å². The molecule has 0 fully saturated rings. The van der Waals surface area contributed by atoms with Crippen LogP contribution in [0.1, 0.15) is 45.6 Å². The number of nitrogens with two attached hydrogens (primary N) is 1. The Hall–Kier alpha value is -1.18. The lowest BCUT2D eigenvalue weighted by atomic mass is 10.0. The molecule has 4 N–H and O–H groups in total. The van der Waals surface area contributed by atoms with Gasteiger partial charge in [0.25, 0.3) is 0 Å². The highest BCUT2D eigenvalue weighted by molar-refractivity contribution is 14.0. The van der Waals surface area contributed by atoms with E-state index in [4.69, 9.17) is 10.5 Å². The monoisotopic (exact) mass is 449 g/mol. The van der Waals surface area contributed by atoms with E-state index >= 15 is 0 Å². The minimum Gasteiger partial charge on any atom is -0.504 e. The summed E-state index contributed by atoms with van der Waals surface area (Å²) in [6.45, 7) is 7.12. The Labute approximate surface area is 163 Å². The topological polar surface area (TPSA) is 79.9 Å². The molecule has 0 aliphatic rings. The summed E-state index contributed by atoms with van der Waals surface area (Å²) in [5.41, 5.74) is 6.73. The highest BCUT2D eigenvalue weighted by atomic mass is 127. The van der Waals surface area contributed by atoms with Crippen LogP contribution >= 0.6 is 24.0 Å². The van der Waals surface area contributed by atoms with Crippen molar-refractivity contribution in [1.29, 1.82) is 0 Å². The molecule has 6 heteroatoms. The average Bonchev–Trinajstić information content (AvgIpc) is 2.48. The number of methoxy groups -OCH3 is 1. The first-order valence-electron chi connectivity index (χ1n) is 8.35. The van der Waals surface area contributed by atoms with E-state index in [0.29, 0.717) is 30.7 Å². The fourth-order valence-electron chi connectivity index (χ4n) is 2.43. The number of phenols is 1. The van der Waals surface area contributed by atoms with Crippen LogP contribution < -0.4 is 15.8 Å². The molecule has 0 aliphatic heterocycles. The van der Waals surface area contributed by atoms with Crippen molar-refractivity contribution in [3.05, 3.63) is 23.8 Å². The van der Waals surface area contributed by atoms with Gasteiger partial charge in [-0.3, -0.25) is 4.99 Å². The Morgan fingerprint density at radius 1 is 1.29 bits per heavy atom. The number of halogens is 1. The lowest BCUT2D eigenvalue weighted by molar-refractivity contribution is 0.370. The zero-order chi connectivity index (χ0) is 17.2. The van der Waals surface area contributed by atoms with Gasteiger partial charge in [-0.2, -0.15) is 0 Å². The van der Waals surface area contributed by atoms with Crippen molar-refractivity contribution < 1.29 is 9.84 Å². The lowest BCUT2D eigenvalue weighted by Crippen LogP contribution is -2.38. The van der Waals surface area contributed by atoms with Gasteiger partial charge in [-0.25, -0.2) is 0 Å². The summed E-state index contributed by atoms with van der Waals surface area (Å²) in [7, 11) is 1.54. The fourth-order valence-corrected chi connectivity index (χ4v) is 2.43. The van der Waals surface area contributed by atoms with Crippen molar-refractivity contribution in [3.63, 3.8) is 0 Å². The number of phenolic OH excluding ortho intramolecular Hbond substituents is 1. The van der Waals surface area contributed by atoms with Crippen molar-refractivity contribution in [2.45, 2.75) is 52.5 Å². The summed E-state index contributed by atoms with van der Waals surface area (Å²) in [4.78, 5) is 4.33. The van der Waals surface area contributed by atoms with Gasteiger partial charge in [0.2, 0.25) is 0 Å². The summed E-state index contributed by atoms with van der Waals surface area (Å²) in [6, 6.07) is 5.78. The fraction of sp³-hybridized carbons (Fsp3) is 0.611. The molecule has 1 aromatic rings. The molecule has 1 rings (SSSR count). The number of aromatic hydroxyl groups is 1. The normalized spacial score (nSPS) is 12.6. The molecule has 0 aliphatic carbocycles. The summed E-state index contributed by atoms with van der Waals surface area (Å²) < 4.78 is 5.10. The number of aliphatic imine (C=N–C) groups is 1. The molecule has 1 aromatic carbocycles. The Bertz CT molecular complexity index is 507. The van der Waals surface area contributed by atoms with Crippen LogP contribution in [0.5, 0.6) is 11.5 Å². The standard InChI is InChI=1S/C18H31N3O2.HI/c1-13(2)7-5-8-14(3)21-18(19)20-12-11-15-9-6-10-16(23-4)17(15)22;/h6,9-10,13-14,22H,5,7-8,11-12H2,1-4H3,(H3,19,20,21);1H. The Morgan fingerprint density at radius 3 is 2.62 bits per heavy atom. The summed E-state index contributed by atoms with van der Waals surface area (Å²) in [6.07, 6.45) is 4.13. The molecule has 5 nitrogen and oxygen atoms in total. The molecule has 0 spiro atoms. The lowest BCUT2D eigenvalue weighted by Gasteiger charge is -2.15. The van der Waals surface area contributed by atoms with Gasteiger partial charge in [-0.1, -0.05) is 38.8 Å². The molecule has 138 valence electrons. The molecule has 0 aromatic heterocycles. The first-order valence-corrected chi connectivity index (χ1v) is 8.35. The molecule has 0 saturated heterocycles. The van der Waals surface area contributed by atoms with Crippen molar-refractivity contribution in [2.75, 3.05) is 13.7 Å². The highest BCUT2D eigenvalue weighted by Gasteiger charge is 2.07. The molecular weight excluding hydrogens is 417 g/mol. The quantitative estimate of drug-likeness (QED) is 0.305. The number of nitrogens with one attached hydrogen (secondary N) is 1. The van der Waals surface area contributed by atoms with E-state index in [2.05, 4.69) is 31.1 Å².